The highest BCUT2D eigenvalue weighted by Crippen LogP contribution is 2.08. The molecule has 8 heteroatoms. The van der Waals surface area contributed by atoms with Crippen molar-refractivity contribution in [3.8, 4) is 0 Å². The fourth-order valence-electron chi connectivity index (χ4n) is 1.50. The van der Waals surface area contributed by atoms with E-state index in [0.29, 0.717) is 6.42 Å². The van der Waals surface area contributed by atoms with Gasteiger partial charge >= 0.3 is 5.97 Å². The standard InChI is InChI=1S/C12H12N2O4S2/c15-12(16)10-1-2-11(13-7-10)20(17,18)14-5-3-9-4-6-19-8-9/h1-2,4,6-8,14H,3,5H2,(H,15,16). The monoisotopic (exact) mass is 312 g/mol. The quantitative estimate of drug-likeness (QED) is 0.839. The SMILES string of the molecule is O=C(O)c1ccc(S(=O)(=O)NCCc2ccsc2)nc1. The van der Waals surface area contributed by atoms with Crippen molar-refractivity contribution >= 4 is 27.3 Å². The molecule has 0 aromatic carbocycles. The minimum atomic E-state index is -3.71. The van der Waals surface area contributed by atoms with Gasteiger partial charge in [-0.25, -0.2) is 22.9 Å². The molecule has 2 heterocycles. The Morgan fingerprint density at radius 1 is 1.35 bits per heavy atom. The zero-order chi connectivity index (χ0) is 14.6. The second-order valence-electron chi connectivity index (χ2n) is 3.97. The Balaban J connectivity index is 2.00. The summed E-state index contributed by atoms with van der Waals surface area (Å²) in [5.74, 6) is -1.15. The van der Waals surface area contributed by atoms with Gasteiger partial charge in [-0.05, 0) is 40.9 Å². The number of carboxylic acids is 1. The van der Waals surface area contributed by atoms with Crippen molar-refractivity contribution in [3.05, 3.63) is 46.3 Å². The summed E-state index contributed by atoms with van der Waals surface area (Å²) in [5, 5.41) is 12.4. The Hall–Kier alpha value is -1.77. The second kappa shape index (κ2) is 6.12. The van der Waals surface area contributed by atoms with Crippen LogP contribution in [-0.4, -0.2) is 31.0 Å². The molecular formula is C12H12N2O4S2. The lowest BCUT2D eigenvalue weighted by atomic mass is 10.2. The van der Waals surface area contributed by atoms with E-state index in [1.165, 1.54) is 12.1 Å². The predicted octanol–water partition coefficient (Wildman–Crippen LogP) is 1.36. The minimum Gasteiger partial charge on any atom is -0.478 e. The van der Waals surface area contributed by atoms with Crippen LogP contribution in [0.5, 0.6) is 0 Å². The van der Waals surface area contributed by atoms with Crippen molar-refractivity contribution in [2.45, 2.75) is 11.4 Å². The maximum Gasteiger partial charge on any atom is 0.337 e. The third kappa shape index (κ3) is 3.62. The van der Waals surface area contributed by atoms with E-state index >= 15 is 0 Å². The fraction of sp³-hybridized carbons (Fsp3) is 0.167. The van der Waals surface area contributed by atoms with Gasteiger partial charge in [-0.3, -0.25) is 0 Å². The smallest absolute Gasteiger partial charge is 0.337 e. The summed E-state index contributed by atoms with van der Waals surface area (Å²) in [6.07, 6.45) is 1.62. The number of hydrogen-bond donors (Lipinski definition) is 2. The number of rotatable bonds is 6. The van der Waals surface area contributed by atoms with Gasteiger partial charge in [0, 0.05) is 12.7 Å². The number of carbonyl (C=O) groups is 1. The highest BCUT2D eigenvalue weighted by Gasteiger charge is 2.15. The summed E-state index contributed by atoms with van der Waals surface area (Å²) in [5.41, 5.74) is 1.01. The van der Waals surface area contributed by atoms with Crippen molar-refractivity contribution < 1.29 is 18.3 Å². The highest BCUT2D eigenvalue weighted by molar-refractivity contribution is 7.89. The summed E-state index contributed by atoms with van der Waals surface area (Å²) in [4.78, 5) is 14.3. The Labute approximate surface area is 120 Å². The lowest BCUT2D eigenvalue weighted by Crippen LogP contribution is -2.26. The predicted molar refractivity (Wildman–Crippen MR) is 74.4 cm³/mol. The average molecular weight is 312 g/mol. The number of carboxylic acid groups (broad SMARTS) is 1. The van der Waals surface area contributed by atoms with Crippen LogP contribution in [0.2, 0.25) is 0 Å². The van der Waals surface area contributed by atoms with Gasteiger partial charge in [0.1, 0.15) is 0 Å². The van der Waals surface area contributed by atoms with Gasteiger partial charge in [-0.2, -0.15) is 11.3 Å². The van der Waals surface area contributed by atoms with Crippen molar-refractivity contribution in [1.82, 2.24) is 9.71 Å². The third-order valence-electron chi connectivity index (χ3n) is 2.54. The van der Waals surface area contributed by atoms with Gasteiger partial charge < -0.3 is 5.11 Å². The molecule has 0 spiro atoms. The first kappa shape index (κ1) is 14.6. The first-order chi connectivity index (χ1) is 9.49. The van der Waals surface area contributed by atoms with Crippen LogP contribution in [0, 0.1) is 0 Å². The molecule has 0 aliphatic rings. The molecule has 0 fully saturated rings. The minimum absolute atomic E-state index is 0.0535. The molecule has 0 aliphatic heterocycles. The van der Waals surface area contributed by atoms with Gasteiger partial charge in [0.05, 0.1) is 5.56 Å². The molecule has 0 atom stereocenters. The zero-order valence-corrected chi connectivity index (χ0v) is 11.9. The molecule has 0 radical (unpaired) electrons. The van der Waals surface area contributed by atoms with Gasteiger partial charge in [0.2, 0.25) is 0 Å². The molecular weight excluding hydrogens is 300 g/mol. The molecule has 6 nitrogen and oxygen atoms in total. The first-order valence-corrected chi connectivity index (χ1v) is 8.12. The molecule has 106 valence electrons. The number of aromatic carboxylic acids is 1. The van der Waals surface area contributed by atoms with Crippen LogP contribution in [0.25, 0.3) is 0 Å². The van der Waals surface area contributed by atoms with Gasteiger partial charge in [-0.1, -0.05) is 0 Å². The van der Waals surface area contributed by atoms with Crippen molar-refractivity contribution in [3.63, 3.8) is 0 Å². The Morgan fingerprint density at radius 3 is 2.70 bits per heavy atom. The van der Waals surface area contributed by atoms with Crippen LogP contribution in [0.3, 0.4) is 0 Å². The van der Waals surface area contributed by atoms with Crippen LogP contribution in [0.1, 0.15) is 15.9 Å². The van der Waals surface area contributed by atoms with Crippen molar-refractivity contribution in [2.24, 2.45) is 0 Å². The number of pyridine rings is 1. The van der Waals surface area contributed by atoms with Crippen LogP contribution >= 0.6 is 11.3 Å². The number of nitrogens with zero attached hydrogens (tertiary/aromatic N) is 1. The Bertz CT molecular complexity index is 679. The largest absolute Gasteiger partial charge is 0.478 e. The Morgan fingerprint density at radius 2 is 2.15 bits per heavy atom. The van der Waals surface area contributed by atoms with E-state index in [2.05, 4.69) is 9.71 Å². The number of hydrogen-bond acceptors (Lipinski definition) is 5. The van der Waals surface area contributed by atoms with Gasteiger partial charge in [0.15, 0.2) is 5.03 Å². The summed E-state index contributed by atoms with van der Waals surface area (Å²) in [6.45, 7) is 0.265. The van der Waals surface area contributed by atoms with Crippen LogP contribution in [-0.2, 0) is 16.4 Å². The third-order valence-corrected chi connectivity index (χ3v) is 4.65. The Kier molecular flexibility index (Phi) is 4.48. The molecule has 0 aliphatic carbocycles. The molecule has 0 saturated heterocycles. The molecule has 2 aromatic heterocycles. The molecule has 2 rings (SSSR count). The first-order valence-electron chi connectivity index (χ1n) is 5.69. The van der Waals surface area contributed by atoms with Gasteiger partial charge in [0.25, 0.3) is 10.0 Å². The second-order valence-corrected chi connectivity index (χ2v) is 6.46. The maximum atomic E-state index is 11.9. The fourth-order valence-corrected chi connectivity index (χ4v) is 3.16. The lowest BCUT2D eigenvalue weighted by Gasteiger charge is -2.05. The van der Waals surface area contributed by atoms with Crippen molar-refractivity contribution in [2.75, 3.05) is 6.54 Å². The van der Waals surface area contributed by atoms with E-state index in [9.17, 15) is 13.2 Å². The van der Waals surface area contributed by atoms with E-state index in [0.717, 1.165) is 11.8 Å². The normalized spacial score (nSPS) is 11.4. The number of sulfonamides is 1. The van der Waals surface area contributed by atoms with E-state index < -0.39 is 16.0 Å². The topological polar surface area (TPSA) is 96.4 Å². The highest BCUT2D eigenvalue weighted by atomic mass is 32.2. The molecule has 2 aromatic rings. The van der Waals surface area contributed by atoms with Gasteiger partial charge in [-0.15, -0.1) is 0 Å². The maximum absolute atomic E-state index is 11.9. The van der Waals surface area contributed by atoms with E-state index in [4.69, 9.17) is 5.11 Å². The summed E-state index contributed by atoms with van der Waals surface area (Å²) in [6, 6.07) is 4.32. The van der Waals surface area contributed by atoms with Crippen LogP contribution in [0.15, 0.2) is 40.2 Å². The summed E-state index contributed by atoms with van der Waals surface area (Å²) < 4.78 is 26.3. The number of nitrogens with one attached hydrogen (secondary N) is 1. The van der Waals surface area contributed by atoms with Crippen LogP contribution < -0.4 is 4.72 Å². The number of thiophene rings is 1. The molecule has 0 amide bonds. The molecule has 0 bridgehead atoms. The van der Waals surface area contributed by atoms with Crippen molar-refractivity contribution in [1.29, 1.82) is 0 Å². The molecule has 2 N–H and O–H groups in total. The molecule has 20 heavy (non-hydrogen) atoms. The van der Waals surface area contributed by atoms with E-state index in [-0.39, 0.29) is 17.1 Å². The summed E-state index contributed by atoms with van der Waals surface area (Å²) >= 11 is 1.55. The zero-order valence-electron chi connectivity index (χ0n) is 10.3. The van der Waals surface area contributed by atoms with E-state index in [1.807, 2.05) is 16.8 Å². The average Bonchev–Trinajstić information content (AvgIpc) is 2.92. The summed E-state index contributed by atoms with van der Waals surface area (Å²) in [7, 11) is -3.71. The molecule has 0 unspecified atom stereocenters. The van der Waals surface area contributed by atoms with E-state index in [1.54, 1.807) is 11.3 Å². The van der Waals surface area contributed by atoms with Crippen LogP contribution in [0.4, 0.5) is 0 Å². The lowest BCUT2D eigenvalue weighted by molar-refractivity contribution is 0.0696. The molecule has 0 saturated carbocycles. The number of aromatic nitrogens is 1.